The molecular weight excluding hydrogens is 248 g/mol. The van der Waals surface area contributed by atoms with Crippen molar-refractivity contribution < 1.29 is 23.7 Å². The molecular formula is C14H19O5. The Morgan fingerprint density at radius 1 is 1.11 bits per heavy atom. The third-order valence-corrected chi connectivity index (χ3v) is 2.53. The first kappa shape index (κ1) is 15.1. The molecule has 0 N–H and O–H groups in total. The van der Waals surface area contributed by atoms with Crippen molar-refractivity contribution >= 4 is 5.97 Å². The molecule has 5 heteroatoms. The van der Waals surface area contributed by atoms with Gasteiger partial charge in [-0.3, -0.25) is 0 Å². The molecule has 1 aromatic rings. The summed E-state index contributed by atoms with van der Waals surface area (Å²) < 4.78 is 20.6. The van der Waals surface area contributed by atoms with E-state index in [0.717, 1.165) is 12.8 Å². The molecule has 0 spiro atoms. The van der Waals surface area contributed by atoms with Gasteiger partial charge in [0.15, 0.2) is 11.5 Å². The monoisotopic (exact) mass is 267 g/mol. The Morgan fingerprint density at radius 2 is 1.68 bits per heavy atom. The highest BCUT2D eigenvalue weighted by molar-refractivity contribution is 5.91. The van der Waals surface area contributed by atoms with Gasteiger partial charge in [-0.15, -0.1) is 0 Å². The van der Waals surface area contributed by atoms with Crippen molar-refractivity contribution in [2.75, 3.05) is 27.9 Å². The predicted octanol–water partition coefficient (Wildman–Crippen LogP) is 2.48. The van der Waals surface area contributed by atoms with Gasteiger partial charge in [0.05, 0.1) is 33.5 Å². The van der Waals surface area contributed by atoms with Gasteiger partial charge in [0.1, 0.15) is 0 Å². The second-order valence-corrected chi connectivity index (χ2v) is 3.76. The largest absolute Gasteiger partial charge is 0.493 e. The number of hydrogen-bond donors (Lipinski definition) is 0. The Balaban J connectivity index is 2.98. The molecule has 5 nitrogen and oxygen atoms in total. The van der Waals surface area contributed by atoms with E-state index in [2.05, 4.69) is 6.92 Å². The molecule has 0 amide bonds. The van der Waals surface area contributed by atoms with Crippen LogP contribution in [0.1, 0.15) is 23.2 Å². The van der Waals surface area contributed by atoms with Crippen molar-refractivity contribution in [2.24, 2.45) is 0 Å². The fraction of sp³-hybridized carbons (Fsp3) is 0.429. The van der Waals surface area contributed by atoms with Gasteiger partial charge in [-0.2, -0.15) is 0 Å². The normalized spacial score (nSPS) is 9.89. The van der Waals surface area contributed by atoms with Crippen molar-refractivity contribution in [1.29, 1.82) is 0 Å². The van der Waals surface area contributed by atoms with E-state index in [1.54, 1.807) is 12.1 Å². The maximum Gasteiger partial charge on any atom is 0.338 e. The number of esters is 1. The van der Waals surface area contributed by atoms with E-state index in [4.69, 9.17) is 18.9 Å². The van der Waals surface area contributed by atoms with Crippen LogP contribution in [0.3, 0.4) is 0 Å². The minimum absolute atomic E-state index is 0.346. The molecule has 0 fully saturated rings. The molecule has 19 heavy (non-hydrogen) atoms. The van der Waals surface area contributed by atoms with E-state index in [1.165, 1.54) is 21.3 Å². The molecule has 1 radical (unpaired) electrons. The third-order valence-electron chi connectivity index (χ3n) is 2.53. The van der Waals surface area contributed by atoms with Crippen LogP contribution in [0.15, 0.2) is 12.1 Å². The van der Waals surface area contributed by atoms with E-state index in [9.17, 15) is 4.79 Å². The number of ether oxygens (including phenoxy) is 4. The lowest BCUT2D eigenvalue weighted by atomic mass is 10.2. The molecule has 0 atom stereocenters. The fourth-order valence-corrected chi connectivity index (χ4v) is 1.55. The van der Waals surface area contributed by atoms with Crippen molar-refractivity contribution in [3.63, 3.8) is 0 Å². The first-order chi connectivity index (χ1) is 9.17. The summed E-state index contributed by atoms with van der Waals surface area (Å²) in [5, 5.41) is 0. The average Bonchev–Trinajstić information content (AvgIpc) is 2.45. The van der Waals surface area contributed by atoms with Crippen LogP contribution in [0.4, 0.5) is 0 Å². The van der Waals surface area contributed by atoms with Gasteiger partial charge in [0.25, 0.3) is 0 Å². The van der Waals surface area contributed by atoms with Crippen molar-refractivity contribution in [2.45, 2.75) is 12.8 Å². The lowest BCUT2D eigenvalue weighted by Gasteiger charge is -2.13. The van der Waals surface area contributed by atoms with E-state index in [0.29, 0.717) is 29.4 Å². The van der Waals surface area contributed by atoms with E-state index >= 15 is 0 Å². The zero-order chi connectivity index (χ0) is 14.3. The van der Waals surface area contributed by atoms with Crippen LogP contribution in [0.2, 0.25) is 0 Å². The van der Waals surface area contributed by atoms with Crippen molar-refractivity contribution in [3.8, 4) is 17.2 Å². The van der Waals surface area contributed by atoms with Gasteiger partial charge in [0.2, 0.25) is 5.75 Å². The second kappa shape index (κ2) is 7.51. The van der Waals surface area contributed by atoms with Gasteiger partial charge in [-0.1, -0.05) is 13.3 Å². The summed E-state index contributed by atoms with van der Waals surface area (Å²) in [5.74, 6) is 0.865. The number of rotatable bonds is 7. The number of hydrogen-bond acceptors (Lipinski definition) is 5. The summed E-state index contributed by atoms with van der Waals surface area (Å²) >= 11 is 0. The van der Waals surface area contributed by atoms with Crippen LogP contribution < -0.4 is 14.2 Å². The highest BCUT2D eigenvalue weighted by atomic mass is 16.5. The molecule has 0 saturated heterocycles. The first-order valence-corrected chi connectivity index (χ1v) is 5.94. The van der Waals surface area contributed by atoms with E-state index < -0.39 is 5.97 Å². The van der Waals surface area contributed by atoms with Crippen LogP contribution in [0.5, 0.6) is 17.2 Å². The molecule has 1 aromatic carbocycles. The molecule has 0 aliphatic heterocycles. The quantitative estimate of drug-likeness (QED) is 0.561. The Bertz CT molecular complexity index is 403. The summed E-state index contributed by atoms with van der Waals surface area (Å²) in [6.45, 7) is 4.03. The number of carbonyl (C=O) groups excluding carboxylic acids is 1. The fourth-order valence-electron chi connectivity index (χ4n) is 1.55. The molecule has 0 aromatic heterocycles. The van der Waals surface area contributed by atoms with Crippen LogP contribution in [-0.4, -0.2) is 33.9 Å². The van der Waals surface area contributed by atoms with Gasteiger partial charge >= 0.3 is 5.97 Å². The molecule has 0 heterocycles. The zero-order valence-corrected chi connectivity index (χ0v) is 11.5. The topological polar surface area (TPSA) is 54.0 Å². The third kappa shape index (κ3) is 3.77. The van der Waals surface area contributed by atoms with Crippen LogP contribution in [0.25, 0.3) is 0 Å². The standard InChI is InChI=1S/C14H19O5/c1-5-6-7-19-14(15)10-8-11(16-2)13(18-4)12(9-10)17-3/h8-9H,1,5-7H2,2-4H3. The maximum atomic E-state index is 11.9. The summed E-state index contributed by atoms with van der Waals surface area (Å²) in [6, 6.07) is 3.13. The Hall–Kier alpha value is -1.91. The zero-order valence-electron chi connectivity index (χ0n) is 11.5. The predicted molar refractivity (Wildman–Crippen MR) is 71.0 cm³/mol. The smallest absolute Gasteiger partial charge is 0.338 e. The average molecular weight is 267 g/mol. The maximum absolute atomic E-state index is 11.9. The highest BCUT2D eigenvalue weighted by Gasteiger charge is 2.17. The van der Waals surface area contributed by atoms with Crippen molar-refractivity contribution in [1.82, 2.24) is 0 Å². The van der Waals surface area contributed by atoms with Crippen LogP contribution >= 0.6 is 0 Å². The number of benzene rings is 1. The molecule has 105 valence electrons. The Labute approximate surface area is 113 Å². The second-order valence-electron chi connectivity index (χ2n) is 3.76. The minimum Gasteiger partial charge on any atom is -0.493 e. The van der Waals surface area contributed by atoms with E-state index in [-0.39, 0.29) is 0 Å². The Kier molecular flexibility index (Phi) is 5.99. The number of carbonyl (C=O) groups is 1. The van der Waals surface area contributed by atoms with Crippen molar-refractivity contribution in [3.05, 3.63) is 24.6 Å². The number of unbranched alkanes of at least 4 members (excludes halogenated alkanes) is 1. The summed E-state index contributed by atoms with van der Waals surface area (Å²) in [5.41, 5.74) is 0.360. The SMILES string of the molecule is [CH2]CCCOC(=O)c1cc(OC)c(OC)c(OC)c1. The molecule has 0 aliphatic carbocycles. The van der Waals surface area contributed by atoms with Gasteiger partial charge in [0, 0.05) is 0 Å². The summed E-state index contributed by atoms with van der Waals surface area (Å²) in [4.78, 5) is 11.9. The van der Waals surface area contributed by atoms with Crippen LogP contribution in [0, 0.1) is 6.92 Å². The molecule has 0 bridgehead atoms. The van der Waals surface area contributed by atoms with Crippen LogP contribution in [-0.2, 0) is 4.74 Å². The van der Waals surface area contributed by atoms with Gasteiger partial charge in [-0.05, 0) is 18.6 Å². The number of methoxy groups -OCH3 is 3. The summed E-state index contributed by atoms with van der Waals surface area (Å²) in [7, 11) is 4.50. The molecule has 0 unspecified atom stereocenters. The minimum atomic E-state index is -0.423. The molecule has 1 rings (SSSR count). The summed E-state index contributed by atoms with van der Waals surface area (Å²) in [6.07, 6.45) is 1.46. The lowest BCUT2D eigenvalue weighted by molar-refractivity contribution is 0.0500. The first-order valence-electron chi connectivity index (χ1n) is 5.94. The highest BCUT2D eigenvalue weighted by Crippen LogP contribution is 2.38. The lowest BCUT2D eigenvalue weighted by Crippen LogP contribution is -2.07. The van der Waals surface area contributed by atoms with E-state index in [1.807, 2.05) is 0 Å². The Morgan fingerprint density at radius 3 is 2.11 bits per heavy atom. The molecule has 0 aliphatic rings. The molecule has 0 saturated carbocycles. The van der Waals surface area contributed by atoms with Gasteiger partial charge < -0.3 is 18.9 Å². The van der Waals surface area contributed by atoms with Gasteiger partial charge in [-0.25, -0.2) is 4.79 Å².